The van der Waals surface area contributed by atoms with Crippen LogP contribution in [0.25, 0.3) is 22.3 Å². The number of aromatic hydroxyl groups is 1. The van der Waals surface area contributed by atoms with Gasteiger partial charge >= 0.3 is 0 Å². The highest BCUT2D eigenvalue weighted by atomic mass is 35.5. The normalized spacial score (nSPS) is 10.7. The fourth-order valence-electron chi connectivity index (χ4n) is 2.34. The molecule has 1 aromatic heterocycles. The molecule has 0 aliphatic rings. The van der Waals surface area contributed by atoms with Crippen molar-refractivity contribution in [3.8, 4) is 28.6 Å². The Bertz CT molecular complexity index is 946. The number of phenolic OH excluding ortho intramolecular Hbond substituents is 1. The van der Waals surface area contributed by atoms with Gasteiger partial charge in [-0.05, 0) is 18.2 Å². The maximum Gasteiger partial charge on any atom is 0.193 e. The number of ether oxygens (including phenoxy) is 2. The van der Waals surface area contributed by atoms with E-state index in [4.69, 9.17) is 25.5 Å². The summed E-state index contributed by atoms with van der Waals surface area (Å²) in [4.78, 5) is 12.3. The number of phenols is 1. The molecule has 0 aliphatic carbocycles. The standard InChI is InChI=1S/C17H13ClO5/c1-21-15-6-10(13(20)8-16(15)22-2)14-7-12(19)9-4-3-5-11(18)17(9)23-14/h3-8,20H,1-2H3. The summed E-state index contributed by atoms with van der Waals surface area (Å²) in [6.45, 7) is 0. The molecule has 0 bridgehead atoms. The molecule has 3 aromatic rings. The van der Waals surface area contributed by atoms with Crippen LogP contribution in [0.1, 0.15) is 0 Å². The number of benzene rings is 2. The third kappa shape index (κ3) is 2.59. The van der Waals surface area contributed by atoms with Gasteiger partial charge in [0.15, 0.2) is 22.5 Å². The monoisotopic (exact) mass is 332 g/mol. The van der Waals surface area contributed by atoms with Crippen molar-refractivity contribution in [2.24, 2.45) is 0 Å². The van der Waals surface area contributed by atoms with Crippen LogP contribution in [0.4, 0.5) is 0 Å². The van der Waals surface area contributed by atoms with Crippen molar-refractivity contribution in [1.29, 1.82) is 0 Å². The van der Waals surface area contributed by atoms with E-state index < -0.39 is 0 Å². The third-order valence-electron chi connectivity index (χ3n) is 3.47. The molecular weight excluding hydrogens is 320 g/mol. The SMILES string of the molecule is COc1cc(O)c(-c2cc(=O)c3cccc(Cl)c3o2)cc1OC. The summed E-state index contributed by atoms with van der Waals surface area (Å²) in [7, 11) is 2.94. The molecule has 23 heavy (non-hydrogen) atoms. The zero-order valence-electron chi connectivity index (χ0n) is 12.4. The van der Waals surface area contributed by atoms with Crippen molar-refractivity contribution in [2.45, 2.75) is 0 Å². The Hall–Kier alpha value is -2.66. The molecule has 0 saturated heterocycles. The van der Waals surface area contributed by atoms with Crippen LogP contribution in [0, 0.1) is 0 Å². The van der Waals surface area contributed by atoms with Crippen molar-refractivity contribution in [2.75, 3.05) is 14.2 Å². The van der Waals surface area contributed by atoms with Gasteiger partial charge in [0.05, 0.1) is 30.2 Å². The first-order chi connectivity index (χ1) is 11.0. The second kappa shape index (κ2) is 5.85. The molecule has 0 radical (unpaired) electrons. The molecule has 0 fully saturated rings. The van der Waals surface area contributed by atoms with Gasteiger partial charge in [-0.3, -0.25) is 4.79 Å². The van der Waals surface area contributed by atoms with Gasteiger partial charge in [-0.25, -0.2) is 0 Å². The Kier molecular flexibility index (Phi) is 3.88. The molecule has 2 aromatic carbocycles. The molecule has 1 N–H and O–H groups in total. The average molecular weight is 333 g/mol. The third-order valence-corrected chi connectivity index (χ3v) is 3.77. The van der Waals surface area contributed by atoms with Crippen LogP contribution in [0.2, 0.25) is 5.02 Å². The Morgan fingerprint density at radius 1 is 1.09 bits per heavy atom. The Labute approximate surface area is 136 Å². The largest absolute Gasteiger partial charge is 0.507 e. The van der Waals surface area contributed by atoms with E-state index in [1.165, 1.54) is 32.4 Å². The highest BCUT2D eigenvalue weighted by Gasteiger charge is 2.16. The lowest BCUT2D eigenvalue weighted by Gasteiger charge is -2.11. The number of hydrogen-bond donors (Lipinski definition) is 1. The predicted octanol–water partition coefficient (Wildman–Crippen LogP) is 3.84. The Morgan fingerprint density at radius 2 is 1.78 bits per heavy atom. The molecule has 0 atom stereocenters. The predicted molar refractivity (Wildman–Crippen MR) is 87.7 cm³/mol. The molecule has 3 rings (SSSR count). The Morgan fingerprint density at radius 3 is 2.48 bits per heavy atom. The van der Waals surface area contributed by atoms with Crippen LogP contribution in [0.15, 0.2) is 45.6 Å². The maximum atomic E-state index is 12.3. The summed E-state index contributed by atoms with van der Waals surface area (Å²) in [6, 6.07) is 9.17. The van der Waals surface area contributed by atoms with Crippen LogP contribution >= 0.6 is 11.6 Å². The maximum absolute atomic E-state index is 12.3. The molecule has 0 spiro atoms. The fourth-order valence-corrected chi connectivity index (χ4v) is 2.55. The number of fused-ring (bicyclic) bond motifs is 1. The van der Waals surface area contributed by atoms with Gasteiger partial charge in [-0.15, -0.1) is 0 Å². The van der Waals surface area contributed by atoms with Gasteiger partial charge in [0.1, 0.15) is 11.5 Å². The van der Waals surface area contributed by atoms with Gasteiger partial charge in [-0.1, -0.05) is 17.7 Å². The summed E-state index contributed by atoms with van der Waals surface area (Å²) in [5.74, 6) is 0.864. The molecule has 6 heteroatoms. The molecule has 1 heterocycles. The quantitative estimate of drug-likeness (QED) is 0.789. The summed E-state index contributed by atoms with van der Waals surface area (Å²) < 4.78 is 16.1. The first-order valence-corrected chi connectivity index (χ1v) is 7.10. The molecule has 0 amide bonds. The molecule has 118 valence electrons. The number of para-hydroxylation sites is 1. The lowest BCUT2D eigenvalue weighted by Crippen LogP contribution is -2.01. The van der Waals surface area contributed by atoms with Crippen LogP contribution in [0.3, 0.4) is 0 Å². The van der Waals surface area contributed by atoms with Crippen molar-refractivity contribution < 1.29 is 19.0 Å². The summed E-state index contributed by atoms with van der Waals surface area (Å²) >= 11 is 6.09. The van der Waals surface area contributed by atoms with Crippen LogP contribution in [-0.4, -0.2) is 19.3 Å². The van der Waals surface area contributed by atoms with Gasteiger partial charge in [-0.2, -0.15) is 0 Å². The number of halogens is 1. The number of hydrogen-bond acceptors (Lipinski definition) is 5. The zero-order valence-corrected chi connectivity index (χ0v) is 13.2. The van der Waals surface area contributed by atoms with Crippen molar-refractivity contribution in [3.05, 3.63) is 51.6 Å². The second-order valence-corrected chi connectivity index (χ2v) is 5.22. The van der Waals surface area contributed by atoms with E-state index in [1.807, 2.05) is 0 Å². The van der Waals surface area contributed by atoms with E-state index in [2.05, 4.69) is 0 Å². The first-order valence-electron chi connectivity index (χ1n) is 6.73. The number of rotatable bonds is 3. The van der Waals surface area contributed by atoms with Gasteiger partial charge in [0.25, 0.3) is 0 Å². The topological polar surface area (TPSA) is 68.9 Å². The first kappa shape index (κ1) is 15.2. The van der Waals surface area contributed by atoms with E-state index >= 15 is 0 Å². The lowest BCUT2D eigenvalue weighted by molar-refractivity contribution is 0.351. The number of methoxy groups -OCH3 is 2. The van der Waals surface area contributed by atoms with E-state index in [1.54, 1.807) is 18.2 Å². The molecule has 0 aliphatic heterocycles. The molecule has 0 unspecified atom stereocenters. The molecular formula is C17H13ClO5. The van der Waals surface area contributed by atoms with E-state index in [0.29, 0.717) is 27.5 Å². The minimum atomic E-state index is -0.252. The smallest absolute Gasteiger partial charge is 0.193 e. The van der Waals surface area contributed by atoms with Crippen LogP contribution < -0.4 is 14.9 Å². The van der Waals surface area contributed by atoms with Crippen molar-refractivity contribution in [1.82, 2.24) is 0 Å². The van der Waals surface area contributed by atoms with E-state index in [9.17, 15) is 9.90 Å². The van der Waals surface area contributed by atoms with Crippen molar-refractivity contribution in [3.63, 3.8) is 0 Å². The second-order valence-electron chi connectivity index (χ2n) is 4.82. The van der Waals surface area contributed by atoms with Crippen LogP contribution in [-0.2, 0) is 0 Å². The minimum Gasteiger partial charge on any atom is -0.507 e. The summed E-state index contributed by atoms with van der Waals surface area (Å²) in [6.07, 6.45) is 0. The van der Waals surface area contributed by atoms with Gasteiger partial charge in [0.2, 0.25) is 0 Å². The van der Waals surface area contributed by atoms with Crippen LogP contribution in [0.5, 0.6) is 17.2 Å². The highest BCUT2D eigenvalue weighted by Crippen LogP contribution is 2.40. The van der Waals surface area contributed by atoms with Gasteiger partial charge in [0, 0.05) is 12.1 Å². The fraction of sp³-hybridized carbons (Fsp3) is 0.118. The summed E-state index contributed by atoms with van der Waals surface area (Å²) in [5.41, 5.74) is 0.324. The lowest BCUT2D eigenvalue weighted by atomic mass is 10.1. The minimum absolute atomic E-state index is 0.0998. The van der Waals surface area contributed by atoms with E-state index in [0.717, 1.165) is 0 Å². The average Bonchev–Trinajstić information content (AvgIpc) is 2.55. The molecule has 0 saturated carbocycles. The van der Waals surface area contributed by atoms with Gasteiger partial charge < -0.3 is 19.0 Å². The summed E-state index contributed by atoms with van der Waals surface area (Å²) in [5, 5.41) is 10.9. The Balaban J connectivity index is 2.29. The van der Waals surface area contributed by atoms with Crippen molar-refractivity contribution >= 4 is 22.6 Å². The highest BCUT2D eigenvalue weighted by molar-refractivity contribution is 6.34. The zero-order chi connectivity index (χ0) is 16.6. The van der Waals surface area contributed by atoms with E-state index in [-0.39, 0.29) is 22.5 Å². The molecule has 5 nitrogen and oxygen atoms in total.